The van der Waals surface area contributed by atoms with Crippen molar-refractivity contribution in [3.8, 4) is 0 Å². The highest BCUT2D eigenvalue weighted by Gasteiger charge is 2.12. The molecule has 0 saturated heterocycles. The summed E-state index contributed by atoms with van der Waals surface area (Å²) in [7, 11) is 0. The first kappa shape index (κ1) is 14.7. The molecule has 0 saturated carbocycles. The minimum Gasteiger partial charge on any atom is -0.207 e. The van der Waals surface area contributed by atoms with Gasteiger partial charge in [0.2, 0.25) is 0 Å². The maximum atomic E-state index is 13.8. The summed E-state index contributed by atoms with van der Waals surface area (Å²) in [4.78, 5) is 0. The second kappa shape index (κ2) is 7.20. The molecule has 0 radical (unpaired) electrons. The van der Waals surface area contributed by atoms with Crippen LogP contribution in [0.1, 0.15) is 11.1 Å². The molecule has 19 heavy (non-hydrogen) atoms. The Balaban J connectivity index is 2.09. The summed E-state index contributed by atoms with van der Waals surface area (Å²) in [5.41, 5.74) is 2.07. The van der Waals surface area contributed by atoms with Crippen molar-refractivity contribution < 1.29 is 4.39 Å². The molecule has 0 aliphatic rings. The van der Waals surface area contributed by atoms with Gasteiger partial charge in [0.15, 0.2) is 0 Å². The highest BCUT2D eigenvalue weighted by Crippen LogP contribution is 2.22. The van der Waals surface area contributed by atoms with Crippen LogP contribution in [0.15, 0.2) is 53.0 Å². The average molecular weight is 386 g/mol. The topological polar surface area (TPSA) is 0 Å². The summed E-state index contributed by atoms with van der Waals surface area (Å²) in [6, 6.07) is 15.5. The van der Waals surface area contributed by atoms with Crippen LogP contribution in [0.25, 0.3) is 0 Å². The first-order chi connectivity index (χ1) is 9.19. The van der Waals surface area contributed by atoms with E-state index in [2.05, 4.69) is 44.0 Å². The molecular formula is C16H15Br2F. The Bertz CT molecular complexity index is 526. The van der Waals surface area contributed by atoms with Gasteiger partial charge in [-0.2, -0.15) is 0 Å². The van der Waals surface area contributed by atoms with Gasteiger partial charge in [0.05, 0.1) is 0 Å². The Labute approximate surface area is 130 Å². The van der Waals surface area contributed by atoms with Crippen LogP contribution in [0.5, 0.6) is 0 Å². The summed E-state index contributed by atoms with van der Waals surface area (Å²) < 4.78 is 14.7. The maximum absolute atomic E-state index is 13.8. The van der Waals surface area contributed by atoms with Gasteiger partial charge in [-0.3, -0.25) is 0 Å². The molecule has 0 bridgehead atoms. The molecule has 1 atom stereocenters. The molecule has 0 aromatic heterocycles. The second-order valence-corrected chi connectivity index (χ2v) is 6.21. The lowest BCUT2D eigenvalue weighted by Gasteiger charge is -2.15. The van der Waals surface area contributed by atoms with Crippen molar-refractivity contribution in [3.05, 3.63) is 69.9 Å². The van der Waals surface area contributed by atoms with Crippen LogP contribution in [0.4, 0.5) is 4.39 Å². The summed E-state index contributed by atoms with van der Waals surface area (Å²) >= 11 is 6.94. The lowest BCUT2D eigenvalue weighted by atomic mass is 9.94. The lowest BCUT2D eigenvalue weighted by molar-refractivity contribution is 0.550. The molecule has 3 heteroatoms. The van der Waals surface area contributed by atoms with E-state index in [0.29, 0.717) is 5.92 Å². The van der Waals surface area contributed by atoms with E-state index in [1.807, 2.05) is 24.3 Å². The minimum absolute atomic E-state index is 0.123. The smallest absolute Gasteiger partial charge is 0.126 e. The van der Waals surface area contributed by atoms with Crippen LogP contribution in [0.2, 0.25) is 0 Å². The number of hydrogen-bond acceptors (Lipinski definition) is 0. The monoisotopic (exact) mass is 384 g/mol. The third-order valence-corrected chi connectivity index (χ3v) is 4.51. The van der Waals surface area contributed by atoms with Gasteiger partial charge in [-0.05, 0) is 48.1 Å². The minimum atomic E-state index is -0.123. The second-order valence-electron chi connectivity index (χ2n) is 4.65. The molecule has 0 spiro atoms. The largest absolute Gasteiger partial charge is 0.207 e. The molecule has 2 rings (SSSR count). The molecule has 1 unspecified atom stereocenters. The van der Waals surface area contributed by atoms with Gasteiger partial charge in [-0.25, -0.2) is 4.39 Å². The van der Waals surface area contributed by atoms with Crippen molar-refractivity contribution in [3.63, 3.8) is 0 Å². The zero-order valence-electron chi connectivity index (χ0n) is 10.5. The van der Waals surface area contributed by atoms with Crippen LogP contribution < -0.4 is 0 Å². The van der Waals surface area contributed by atoms with Crippen molar-refractivity contribution in [1.82, 2.24) is 0 Å². The van der Waals surface area contributed by atoms with Gasteiger partial charge < -0.3 is 0 Å². The number of hydrogen-bond donors (Lipinski definition) is 0. The van der Waals surface area contributed by atoms with Crippen LogP contribution in [0.3, 0.4) is 0 Å². The molecule has 0 N–H and O–H groups in total. The molecule has 0 aliphatic carbocycles. The predicted octanol–water partition coefficient (Wildman–Crippen LogP) is 5.38. The van der Waals surface area contributed by atoms with E-state index in [4.69, 9.17) is 0 Å². The quantitative estimate of drug-likeness (QED) is 0.605. The Morgan fingerprint density at radius 3 is 2.42 bits per heavy atom. The van der Waals surface area contributed by atoms with Gasteiger partial charge in [0, 0.05) is 9.80 Å². The van der Waals surface area contributed by atoms with Crippen LogP contribution in [-0.4, -0.2) is 5.33 Å². The number of alkyl halides is 1. The summed E-state index contributed by atoms with van der Waals surface area (Å²) in [6.45, 7) is 0. The Morgan fingerprint density at radius 2 is 1.74 bits per heavy atom. The summed E-state index contributed by atoms with van der Waals surface area (Å²) in [5, 5.41) is 0.869. The normalized spacial score (nSPS) is 12.4. The first-order valence-corrected chi connectivity index (χ1v) is 8.14. The Hall–Kier alpha value is -0.670. The average Bonchev–Trinajstić information content (AvgIpc) is 2.43. The molecule has 2 aromatic carbocycles. The van der Waals surface area contributed by atoms with Gasteiger partial charge in [0.25, 0.3) is 0 Å². The lowest BCUT2D eigenvalue weighted by Crippen LogP contribution is -2.11. The fourth-order valence-corrected chi connectivity index (χ4v) is 3.01. The molecule has 0 amide bonds. The molecule has 2 aromatic rings. The number of rotatable bonds is 5. The molecular weight excluding hydrogens is 371 g/mol. The van der Waals surface area contributed by atoms with Gasteiger partial charge in [-0.15, -0.1) is 0 Å². The van der Waals surface area contributed by atoms with Gasteiger partial charge >= 0.3 is 0 Å². The van der Waals surface area contributed by atoms with E-state index < -0.39 is 0 Å². The van der Waals surface area contributed by atoms with Gasteiger partial charge in [0.1, 0.15) is 5.82 Å². The van der Waals surface area contributed by atoms with E-state index >= 15 is 0 Å². The van der Waals surface area contributed by atoms with Crippen LogP contribution in [-0.2, 0) is 12.8 Å². The number of benzene rings is 2. The highest BCUT2D eigenvalue weighted by molar-refractivity contribution is 9.10. The predicted molar refractivity (Wildman–Crippen MR) is 85.2 cm³/mol. The molecule has 0 heterocycles. The SMILES string of the molecule is Fc1ccc(Br)cc1CC(CBr)Cc1ccccc1. The van der Waals surface area contributed by atoms with Crippen molar-refractivity contribution in [2.45, 2.75) is 12.8 Å². The van der Waals surface area contributed by atoms with E-state index in [1.54, 1.807) is 6.07 Å². The Kier molecular flexibility index (Phi) is 5.59. The van der Waals surface area contributed by atoms with Gasteiger partial charge in [-0.1, -0.05) is 62.2 Å². The standard InChI is InChI=1S/C16H15Br2F/c17-11-13(8-12-4-2-1-3-5-12)9-14-10-15(18)6-7-16(14)19/h1-7,10,13H,8-9,11H2. The van der Waals surface area contributed by atoms with Crippen molar-refractivity contribution in [2.75, 3.05) is 5.33 Å². The summed E-state index contributed by atoms with van der Waals surface area (Å²) in [6.07, 6.45) is 1.70. The van der Waals surface area contributed by atoms with Crippen molar-refractivity contribution in [1.29, 1.82) is 0 Å². The van der Waals surface area contributed by atoms with E-state index in [9.17, 15) is 4.39 Å². The zero-order valence-corrected chi connectivity index (χ0v) is 13.6. The maximum Gasteiger partial charge on any atom is 0.126 e. The van der Waals surface area contributed by atoms with E-state index in [-0.39, 0.29) is 5.82 Å². The van der Waals surface area contributed by atoms with Crippen molar-refractivity contribution in [2.24, 2.45) is 5.92 Å². The molecule has 0 aliphatic heterocycles. The zero-order chi connectivity index (χ0) is 13.7. The van der Waals surface area contributed by atoms with Crippen molar-refractivity contribution >= 4 is 31.9 Å². The molecule has 100 valence electrons. The Morgan fingerprint density at radius 1 is 1.00 bits per heavy atom. The molecule has 0 nitrogen and oxygen atoms in total. The van der Waals surface area contributed by atoms with E-state index in [1.165, 1.54) is 11.6 Å². The van der Waals surface area contributed by atoms with Crippen LogP contribution in [0, 0.1) is 11.7 Å². The molecule has 0 fully saturated rings. The highest BCUT2D eigenvalue weighted by atomic mass is 79.9. The third-order valence-electron chi connectivity index (χ3n) is 3.10. The fraction of sp³-hybridized carbons (Fsp3) is 0.250. The first-order valence-electron chi connectivity index (χ1n) is 6.23. The fourth-order valence-electron chi connectivity index (χ4n) is 2.14. The third kappa shape index (κ3) is 4.43. The number of halogens is 3. The van der Waals surface area contributed by atoms with E-state index in [0.717, 1.165) is 28.2 Å². The van der Waals surface area contributed by atoms with Crippen LogP contribution >= 0.6 is 31.9 Å². The summed E-state index contributed by atoms with van der Waals surface area (Å²) in [5.74, 6) is 0.272.